The van der Waals surface area contributed by atoms with E-state index in [0.717, 1.165) is 5.56 Å². The van der Waals surface area contributed by atoms with Crippen molar-refractivity contribution in [3.8, 4) is 6.07 Å². The molecule has 0 aliphatic heterocycles. The summed E-state index contributed by atoms with van der Waals surface area (Å²) in [6.45, 7) is 1.75. The molecule has 1 aromatic rings. The summed E-state index contributed by atoms with van der Waals surface area (Å²) in [5.41, 5.74) is 1.89. The third kappa shape index (κ3) is 3.02. The molecule has 0 atom stereocenters. The molecule has 1 rings (SSSR count). The first-order chi connectivity index (χ1) is 6.42. The Bertz CT molecular complexity index is 488. The second-order valence-corrected chi connectivity index (χ2v) is 5.71. The molecule has 0 N–H and O–H groups in total. The van der Waals surface area contributed by atoms with Gasteiger partial charge in [0.2, 0.25) is 9.05 Å². The molecule has 0 saturated carbocycles. The van der Waals surface area contributed by atoms with Gasteiger partial charge in [0.25, 0.3) is 0 Å². The lowest BCUT2D eigenvalue weighted by molar-refractivity contribution is 0.609. The van der Waals surface area contributed by atoms with Gasteiger partial charge in [-0.2, -0.15) is 5.26 Å². The van der Waals surface area contributed by atoms with Crippen molar-refractivity contribution >= 4 is 19.7 Å². The van der Waals surface area contributed by atoms with Crippen LogP contribution in [0, 0.1) is 18.3 Å². The topological polar surface area (TPSA) is 57.9 Å². The van der Waals surface area contributed by atoms with E-state index in [-0.39, 0.29) is 5.75 Å². The van der Waals surface area contributed by atoms with E-state index in [0.29, 0.717) is 11.1 Å². The van der Waals surface area contributed by atoms with Gasteiger partial charge in [0, 0.05) is 10.7 Å². The molecule has 5 heteroatoms. The minimum Gasteiger partial charge on any atom is -0.212 e. The summed E-state index contributed by atoms with van der Waals surface area (Å²) in [5.74, 6) is -0.202. The van der Waals surface area contributed by atoms with Crippen molar-refractivity contribution < 1.29 is 8.42 Å². The lowest BCUT2D eigenvalue weighted by Crippen LogP contribution is -1.97. The number of rotatable bonds is 2. The first-order valence-electron chi connectivity index (χ1n) is 3.84. The zero-order valence-electron chi connectivity index (χ0n) is 7.49. The summed E-state index contributed by atoms with van der Waals surface area (Å²) in [4.78, 5) is 0. The van der Waals surface area contributed by atoms with Crippen LogP contribution in [0.2, 0.25) is 0 Å². The molecule has 0 aliphatic carbocycles. The maximum absolute atomic E-state index is 10.8. The molecule has 0 fully saturated rings. The van der Waals surface area contributed by atoms with Gasteiger partial charge >= 0.3 is 0 Å². The van der Waals surface area contributed by atoms with E-state index in [1.807, 2.05) is 6.07 Å². The van der Waals surface area contributed by atoms with Crippen LogP contribution in [-0.2, 0) is 14.8 Å². The Hall–Kier alpha value is -1.05. The third-order valence-electron chi connectivity index (χ3n) is 1.80. The lowest BCUT2D eigenvalue weighted by Gasteiger charge is -2.02. The number of nitrogens with zero attached hydrogens (tertiary/aromatic N) is 1. The highest BCUT2D eigenvalue weighted by molar-refractivity contribution is 8.13. The molecule has 0 aliphatic rings. The van der Waals surface area contributed by atoms with Crippen molar-refractivity contribution in [1.82, 2.24) is 0 Å². The van der Waals surface area contributed by atoms with E-state index in [2.05, 4.69) is 0 Å². The van der Waals surface area contributed by atoms with Crippen molar-refractivity contribution in [3.63, 3.8) is 0 Å². The predicted molar refractivity (Wildman–Crippen MR) is 54.4 cm³/mol. The Morgan fingerprint density at radius 2 is 2.14 bits per heavy atom. The predicted octanol–water partition coefficient (Wildman–Crippen LogP) is 1.94. The summed E-state index contributed by atoms with van der Waals surface area (Å²) in [5, 5.41) is 8.59. The monoisotopic (exact) mass is 229 g/mol. The van der Waals surface area contributed by atoms with Gasteiger partial charge in [-0.3, -0.25) is 0 Å². The molecule has 0 spiro atoms. The quantitative estimate of drug-likeness (QED) is 0.729. The zero-order valence-corrected chi connectivity index (χ0v) is 9.06. The van der Waals surface area contributed by atoms with Crippen LogP contribution < -0.4 is 0 Å². The number of benzene rings is 1. The standard InChI is InChI=1S/C9H8ClNO2S/c1-7-4-8(5-11)2-3-9(7)6-14(10,12)13/h2-4H,6H2,1H3. The maximum Gasteiger partial charge on any atom is 0.236 e. The molecule has 0 bridgehead atoms. The summed E-state index contributed by atoms with van der Waals surface area (Å²) >= 11 is 0. The van der Waals surface area contributed by atoms with Crippen LogP contribution in [0.3, 0.4) is 0 Å². The number of hydrogen-bond acceptors (Lipinski definition) is 3. The van der Waals surface area contributed by atoms with Gasteiger partial charge in [-0.1, -0.05) is 6.07 Å². The molecule has 0 aromatic heterocycles. The molecule has 0 amide bonds. The van der Waals surface area contributed by atoms with E-state index in [9.17, 15) is 8.42 Å². The summed E-state index contributed by atoms with van der Waals surface area (Å²) in [6, 6.07) is 6.79. The van der Waals surface area contributed by atoms with Gasteiger partial charge in [0.15, 0.2) is 0 Å². The van der Waals surface area contributed by atoms with Crippen LogP contribution in [0.4, 0.5) is 0 Å². The van der Waals surface area contributed by atoms with Crippen LogP contribution in [0.5, 0.6) is 0 Å². The van der Waals surface area contributed by atoms with Crippen molar-refractivity contribution in [2.75, 3.05) is 0 Å². The Labute approximate surface area is 87.4 Å². The molecule has 3 nitrogen and oxygen atoms in total. The van der Waals surface area contributed by atoms with Crippen LogP contribution in [0.1, 0.15) is 16.7 Å². The molecule has 1 aromatic carbocycles. The van der Waals surface area contributed by atoms with E-state index >= 15 is 0 Å². The largest absolute Gasteiger partial charge is 0.236 e. The van der Waals surface area contributed by atoms with E-state index in [1.165, 1.54) is 0 Å². The Morgan fingerprint density at radius 3 is 2.57 bits per heavy atom. The Balaban J connectivity index is 3.09. The average Bonchev–Trinajstić information content (AvgIpc) is 2.06. The smallest absolute Gasteiger partial charge is 0.212 e. The third-order valence-corrected chi connectivity index (χ3v) is 2.78. The van der Waals surface area contributed by atoms with Crippen molar-refractivity contribution in [2.24, 2.45) is 0 Å². The molecule has 0 heterocycles. The molecule has 14 heavy (non-hydrogen) atoms. The van der Waals surface area contributed by atoms with Crippen molar-refractivity contribution in [2.45, 2.75) is 12.7 Å². The number of hydrogen-bond donors (Lipinski definition) is 0. The zero-order chi connectivity index (χ0) is 10.8. The van der Waals surface area contributed by atoms with Gasteiger partial charge in [-0.25, -0.2) is 8.42 Å². The molecular formula is C9H8ClNO2S. The van der Waals surface area contributed by atoms with E-state index in [4.69, 9.17) is 15.9 Å². The minimum atomic E-state index is -3.53. The van der Waals surface area contributed by atoms with Gasteiger partial charge in [-0.05, 0) is 30.2 Å². The summed E-state index contributed by atoms with van der Waals surface area (Å²) in [6.07, 6.45) is 0. The van der Waals surface area contributed by atoms with Gasteiger partial charge in [0.05, 0.1) is 17.4 Å². The highest BCUT2D eigenvalue weighted by Gasteiger charge is 2.09. The number of halogens is 1. The van der Waals surface area contributed by atoms with Gasteiger partial charge in [-0.15, -0.1) is 0 Å². The second-order valence-electron chi connectivity index (χ2n) is 2.94. The second kappa shape index (κ2) is 3.99. The average molecular weight is 230 g/mol. The minimum absolute atomic E-state index is 0.202. The van der Waals surface area contributed by atoms with Crippen LogP contribution in [0.15, 0.2) is 18.2 Å². The Kier molecular flexibility index (Phi) is 3.14. The van der Waals surface area contributed by atoms with E-state index < -0.39 is 9.05 Å². The highest BCUT2D eigenvalue weighted by atomic mass is 35.7. The maximum atomic E-state index is 10.8. The van der Waals surface area contributed by atoms with Crippen LogP contribution in [-0.4, -0.2) is 8.42 Å². The lowest BCUT2D eigenvalue weighted by atomic mass is 10.1. The first-order valence-corrected chi connectivity index (χ1v) is 6.32. The van der Waals surface area contributed by atoms with E-state index in [1.54, 1.807) is 25.1 Å². The van der Waals surface area contributed by atoms with Crippen molar-refractivity contribution in [1.29, 1.82) is 5.26 Å². The molecule has 0 unspecified atom stereocenters. The fourth-order valence-electron chi connectivity index (χ4n) is 1.11. The normalized spacial score (nSPS) is 10.9. The van der Waals surface area contributed by atoms with Crippen LogP contribution >= 0.6 is 10.7 Å². The fraction of sp³-hybridized carbons (Fsp3) is 0.222. The Morgan fingerprint density at radius 1 is 1.50 bits per heavy atom. The number of aryl methyl sites for hydroxylation is 1. The fourth-order valence-corrected chi connectivity index (χ4v) is 2.16. The molecule has 0 radical (unpaired) electrons. The van der Waals surface area contributed by atoms with Crippen molar-refractivity contribution in [3.05, 3.63) is 34.9 Å². The van der Waals surface area contributed by atoms with Gasteiger partial charge in [0.1, 0.15) is 0 Å². The number of nitriles is 1. The molecular weight excluding hydrogens is 222 g/mol. The first kappa shape index (κ1) is 11.0. The van der Waals surface area contributed by atoms with Crippen LogP contribution in [0.25, 0.3) is 0 Å². The SMILES string of the molecule is Cc1cc(C#N)ccc1CS(=O)(=O)Cl. The summed E-state index contributed by atoms with van der Waals surface area (Å²) in [7, 11) is 1.59. The summed E-state index contributed by atoms with van der Waals surface area (Å²) < 4.78 is 21.6. The molecule has 0 saturated heterocycles. The highest BCUT2D eigenvalue weighted by Crippen LogP contribution is 2.15. The molecule has 74 valence electrons. The van der Waals surface area contributed by atoms with Gasteiger partial charge < -0.3 is 0 Å².